The Morgan fingerprint density at radius 1 is 0.343 bits per heavy atom. The van der Waals surface area contributed by atoms with Gasteiger partial charge in [-0.1, -0.05) is 86.6 Å². The van der Waals surface area contributed by atoms with Crippen molar-refractivity contribution in [1.29, 1.82) is 21.6 Å². The van der Waals surface area contributed by atoms with E-state index < -0.39 is 108 Å². The summed E-state index contributed by atoms with van der Waals surface area (Å²) in [5.41, 5.74) is 33.9. The topological polar surface area (TPSA) is 607 Å². The first-order valence-electron chi connectivity index (χ1n) is 35.7. The summed E-state index contributed by atoms with van der Waals surface area (Å²) in [4.78, 5) is 145. The molecule has 0 aliphatic heterocycles. The van der Waals surface area contributed by atoms with Crippen molar-refractivity contribution in [3.05, 3.63) is 144 Å². The number of nitrogens with two attached hydrogens (primary N) is 5. The summed E-state index contributed by atoms with van der Waals surface area (Å²) in [6.07, 6.45) is 6.00. The molecule has 0 spiro atoms. The molecule has 8 rings (SSSR count). The highest BCUT2D eigenvalue weighted by atomic mass is 16.4. The lowest BCUT2D eigenvalue weighted by molar-refractivity contribution is -0.142. The smallest absolute Gasteiger partial charge is 0.326 e. The summed E-state index contributed by atoms with van der Waals surface area (Å²) in [5, 5.41) is 76.8. The second kappa shape index (κ2) is 39.4. The normalized spacial score (nSPS) is 13.8. The Kier molecular flexibility index (Phi) is 29.6. The van der Waals surface area contributed by atoms with Crippen LogP contribution in [0.15, 0.2) is 122 Å². The number of aromatic amines is 4. The van der Waals surface area contributed by atoms with Crippen LogP contribution in [0, 0.1) is 27.6 Å². The maximum atomic E-state index is 15.5. The van der Waals surface area contributed by atoms with Crippen LogP contribution in [-0.4, -0.2) is 183 Å². The van der Waals surface area contributed by atoms with Gasteiger partial charge >= 0.3 is 5.97 Å². The number of aromatic nitrogens is 4. The molecule has 0 aliphatic carbocycles. The van der Waals surface area contributed by atoms with Crippen LogP contribution in [0.25, 0.3) is 43.6 Å². The van der Waals surface area contributed by atoms with E-state index in [2.05, 4.69) is 83.7 Å². The third-order valence-corrected chi connectivity index (χ3v) is 18.4. The number of aliphatic carboxylic acids is 1. The Bertz CT molecular complexity index is 4500. The number of para-hydroxylation sites is 4. The molecule has 31 N–H and O–H groups in total. The van der Waals surface area contributed by atoms with Gasteiger partial charge in [0, 0.05) is 120 Å². The Hall–Kier alpha value is -12.7. The molecule has 0 radical (unpaired) electrons. The van der Waals surface area contributed by atoms with E-state index in [0.717, 1.165) is 21.8 Å². The molecule has 35 nitrogen and oxygen atoms in total. The molecule has 9 atom stereocenters. The van der Waals surface area contributed by atoms with Crippen molar-refractivity contribution < 1.29 is 48.3 Å². The molecule has 0 saturated heterocycles. The molecule has 0 aliphatic rings. The lowest BCUT2D eigenvalue weighted by Crippen LogP contribution is -2.61. The molecule has 4 aromatic heterocycles. The molecule has 8 amide bonds. The van der Waals surface area contributed by atoms with Crippen LogP contribution in [0.4, 0.5) is 0 Å². The Balaban J connectivity index is 1.12. The summed E-state index contributed by atoms with van der Waals surface area (Å²) in [6.45, 7) is 3.78. The Morgan fingerprint density at radius 2 is 0.556 bits per heavy atom. The van der Waals surface area contributed by atoms with Crippen LogP contribution >= 0.6 is 0 Å². The third kappa shape index (κ3) is 23.7. The van der Waals surface area contributed by atoms with Gasteiger partial charge in [0.25, 0.3) is 0 Å². The summed E-state index contributed by atoms with van der Waals surface area (Å²) < 4.78 is 0. The van der Waals surface area contributed by atoms with E-state index >= 15 is 28.8 Å². The van der Waals surface area contributed by atoms with Crippen LogP contribution in [0.5, 0.6) is 0 Å². The molecule has 0 unspecified atom stereocenters. The summed E-state index contributed by atoms with van der Waals surface area (Å²) in [6, 6.07) is 16.3. The number of amides is 8. The van der Waals surface area contributed by atoms with Gasteiger partial charge in [0.2, 0.25) is 47.3 Å². The number of fused-ring (bicyclic) bond motifs is 4. The first-order chi connectivity index (χ1) is 51.7. The number of H-pyrrole nitrogens is 4. The summed E-state index contributed by atoms with van der Waals surface area (Å²) in [7, 11) is 0. The second-order valence-electron chi connectivity index (χ2n) is 26.8. The van der Waals surface area contributed by atoms with Gasteiger partial charge < -0.3 is 118 Å². The molecule has 576 valence electrons. The van der Waals surface area contributed by atoms with E-state index in [4.69, 9.17) is 50.3 Å². The maximum absolute atomic E-state index is 15.5. The van der Waals surface area contributed by atoms with Gasteiger partial charge in [-0.25, -0.2) is 4.79 Å². The fourth-order valence-electron chi connectivity index (χ4n) is 12.6. The van der Waals surface area contributed by atoms with Gasteiger partial charge in [-0.2, -0.15) is 0 Å². The zero-order valence-corrected chi connectivity index (χ0v) is 60.1. The van der Waals surface area contributed by atoms with Crippen LogP contribution in [-0.2, 0) is 68.8 Å². The van der Waals surface area contributed by atoms with E-state index in [0.29, 0.717) is 44.1 Å². The molecule has 4 aromatic carbocycles. The van der Waals surface area contributed by atoms with Crippen molar-refractivity contribution in [3.63, 3.8) is 0 Å². The zero-order valence-electron chi connectivity index (χ0n) is 60.1. The van der Waals surface area contributed by atoms with E-state index in [9.17, 15) is 19.5 Å². The minimum Gasteiger partial charge on any atom is -0.480 e. The Morgan fingerprint density at radius 3 is 0.796 bits per heavy atom. The zero-order chi connectivity index (χ0) is 78.0. The fourth-order valence-corrected chi connectivity index (χ4v) is 12.6. The molecule has 0 saturated carbocycles. The number of carbonyl (C=O) groups is 9. The lowest BCUT2D eigenvalue weighted by Gasteiger charge is -2.28. The van der Waals surface area contributed by atoms with Crippen molar-refractivity contribution in [2.24, 2.45) is 34.6 Å². The molecule has 35 heteroatoms. The first kappa shape index (κ1) is 81.0. The number of hydrogen-bond acceptors (Lipinski definition) is 14. The van der Waals surface area contributed by atoms with Gasteiger partial charge in [0.15, 0.2) is 23.8 Å². The van der Waals surface area contributed by atoms with Gasteiger partial charge in [-0.15, -0.1) is 0 Å². The summed E-state index contributed by atoms with van der Waals surface area (Å²) in [5.74, 6) is -9.92. The van der Waals surface area contributed by atoms with Crippen molar-refractivity contribution >= 4 is 121 Å². The van der Waals surface area contributed by atoms with Gasteiger partial charge in [0.05, 0.1) is 6.04 Å². The quantitative estimate of drug-likeness (QED) is 0.0135. The third-order valence-electron chi connectivity index (χ3n) is 18.4. The molecular weight excluding hydrogens is 1390 g/mol. The number of carboxylic acids is 1. The van der Waals surface area contributed by atoms with E-state index in [-0.39, 0.29) is 133 Å². The molecule has 0 bridgehead atoms. The summed E-state index contributed by atoms with van der Waals surface area (Å²) >= 11 is 0. The predicted molar refractivity (Wildman–Crippen MR) is 411 cm³/mol. The standard InChI is InChI=1S/C73H99N25O10/c1-39(2)60(74)68(106)98-59(34-43-38-90-51-22-10-6-18-47(43)51)67(105)97-57(32-41-36-88-49-20-8-4-16-45(41)49)64(102)92-52(23-11-27-83-70(75)76)61(99)91-54(25-13-29-85-72(79)80)63(101)95-58(33-42-37-89-50-21-9-5-17-46(42)50)66(104)96-56(31-40-35-87-48-19-7-3-15-44(40)48)65(103)93-53(24-12-28-84-71(77)78)62(100)94-55(69(107)108)26-14-30-86-73(81)82/h3-10,15-22,35-39,52-60,87-90H,11-14,23-34,74H2,1-2H3,(H,91,99)(H,92,102)(H,93,103)(H,94,100)(H,95,101)(H,96,104)(H,97,105)(H,98,106)(H,107,108)(H4,75,76,83)(H4,77,78,84)(H4,79,80,85)(H4,81,82,86)/t52-,53-,54-,55-,56-,57-,58-,59-,60-/m0/s1. The molecular formula is C73H99N25O10. The molecule has 8 aromatic rings. The number of hydrogen-bond donors (Lipinski definition) is 26. The molecule has 0 fully saturated rings. The monoisotopic (exact) mass is 1490 g/mol. The average molecular weight is 1490 g/mol. The number of benzene rings is 4. The maximum Gasteiger partial charge on any atom is 0.326 e. The van der Waals surface area contributed by atoms with Crippen molar-refractivity contribution in [2.75, 3.05) is 26.2 Å². The van der Waals surface area contributed by atoms with Crippen LogP contribution < -0.4 is 92.5 Å². The highest BCUT2D eigenvalue weighted by molar-refractivity contribution is 6.00. The number of carboxylic acid groups (broad SMARTS) is 1. The average Bonchev–Trinajstić information content (AvgIpc) is 1.68. The largest absolute Gasteiger partial charge is 0.480 e. The molecule has 108 heavy (non-hydrogen) atoms. The van der Waals surface area contributed by atoms with Crippen LogP contribution in [0.3, 0.4) is 0 Å². The Labute approximate surface area is 621 Å². The van der Waals surface area contributed by atoms with Gasteiger partial charge in [0.1, 0.15) is 48.3 Å². The first-order valence-corrected chi connectivity index (χ1v) is 35.7. The molecule has 4 heterocycles. The van der Waals surface area contributed by atoms with Crippen molar-refractivity contribution in [3.8, 4) is 0 Å². The number of rotatable bonds is 42. The van der Waals surface area contributed by atoms with Crippen LogP contribution in [0.1, 0.15) is 87.5 Å². The SMILES string of the molecule is CC(C)[C@H](N)C(=O)N[C@@H](Cc1c[nH]c2ccccc12)C(=O)N[C@@H](Cc1c[nH]c2ccccc12)C(=O)N[C@@H](CCCNC(=N)N)C(=O)N[C@@H](CCCNC(=N)N)C(=O)N[C@@H](Cc1c[nH]c2ccccc12)C(=O)N[C@@H](Cc1c[nH]c2ccccc12)C(=O)N[C@@H](CCCNC(=N)N)C(=O)N[C@@H](CCCNC(=N)N)C(=O)O. The highest BCUT2D eigenvalue weighted by Crippen LogP contribution is 2.25. The van der Waals surface area contributed by atoms with E-state index in [1.165, 1.54) is 0 Å². The lowest BCUT2D eigenvalue weighted by atomic mass is 9.99. The highest BCUT2D eigenvalue weighted by Gasteiger charge is 2.37. The van der Waals surface area contributed by atoms with E-state index in [1.54, 1.807) is 93.2 Å². The minimum absolute atomic E-state index is 0.0257. The number of nitrogens with one attached hydrogen (secondary N) is 20. The van der Waals surface area contributed by atoms with Gasteiger partial charge in [-0.05, 0) is 104 Å². The van der Waals surface area contributed by atoms with Crippen molar-refractivity contribution in [1.82, 2.24) is 83.7 Å². The second-order valence-corrected chi connectivity index (χ2v) is 26.8. The van der Waals surface area contributed by atoms with E-state index in [1.807, 2.05) is 42.5 Å². The van der Waals surface area contributed by atoms with Gasteiger partial charge in [-0.3, -0.25) is 60.0 Å². The fraction of sp³-hybridized carbons (Fsp3) is 0.384. The number of guanidine groups is 4. The van der Waals surface area contributed by atoms with Crippen molar-refractivity contribution in [2.45, 2.75) is 145 Å². The van der Waals surface area contributed by atoms with Crippen LogP contribution in [0.2, 0.25) is 0 Å². The number of carbonyl (C=O) groups excluding carboxylic acids is 8. The minimum atomic E-state index is -1.57. The predicted octanol–water partition coefficient (Wildman–Crippen LogP) is -0.118.